The van der Waals surface area contributed by atoms with E-state index >= 15 is 0 Å². The fourth-order valence-electron chi connectivity index (χ4n) is 5.32. The van der Waals surface area contributed by atoms with Crippen molar-refractivity contribution in [2.24, 2.45) is 5.92 Å². The van der Waals surface area contributed by atoms with Gasteiger partial charge >= 0.3 is 0 Å². The number of benzene rings is 2. The summed E-state index contributed by atoms with van der Waals surface area (Å²) in [5.41, 5.74) is 6.17. The van der Waals surface area contributed by atoms with Gasteiger partial charge in [-0.1, -0.05) is 35.9 Å². The number of aromatic nitrogens is 3. The predicted molar refractivity (Wildman–Crippen MR) is 141 cm³/mol. The minimum Gasteiger partial charge on any atom is -0.492 e. The molecule has 8 heteroatoms. The number of hydrogen-bond acceptors (Lipinski definition) is 7. The molecule has 2 aliphatic heterocycles. The van der Waals surface area contributed by atoms with E-state index in [2.05, 4.69) is 50.0 Å². The summed E-state index contributed by atoms with van der Waals surface area (Å²) in [6.45, 7) is 3.61. The molecule has 1 atom stereocenters. The van der Waals surface area contributed by atoms with Gasteiger partial charge in [0.05, 0.1) is 17.1 Å². The lowest BCUT2D eigenvalue weighted by Gasteiger charge is -2.20. The zero-order valence-electron chi connectivity index (χ0n) is 20.0. The topological polar surface area (TPSA) is 71.5 Å². The Balaban J connectivity index is 1.33. The molecule has 7 nitrogen and oxygen atoms in total. The first-order chi connectivity index (χ1) is 17.6. The van der Waals surface area contributed by atoms with E-state index in [1.165, 1.54) is 11.9 Å². The Bertz CT molecular complexity index is 1460. The monoisotopic (exact) mass is 499 g/mol. The van der Waals surface area contributed by atoms with Gasteiger partial charge in [0.2, 0.25) is 0 Å². The van der Waals surface area contributed by atoms with Crippen LogP contribution in [0.1, 0.15) is 22.3 Å². The van der Waals surface area contributed by atoms with Crippen LogP contribution >= 0.6 is 11.6 Å². The van der Waals surface area contributed by atoms with Gasteiger partial charge in [-0.3, -0.25) is 4.79 Å². The predicted octanol–water partition coefficient (Wildman–Crippen LogP) is 5.18. The van der Waals surface area contributed by atoms with Gasteiger partial charge in [0.25, 0.3) is 0 Å². The van der Waals surface area contributed by atoms with Crippen molar-refractivity contribution in [2.75, 3.05) is 38.2 Å². The van der Waals surface area contributed by atoms with E-state index in [1.807, 2.05) is 18.2 Å². The number of fused-ring (bicyclic) bond motifs is 2. The van der Waals surface area contributed by atoms with Crippen LogP contribution in [0.4, 0.5) is 11.5 Å². The van der Waals surface area contributed by atoms with Crippen LogP contribution in [0.3, 0.4) is 0 Å². The summed E-state index contributed by atoms with van der Waals surface area (Å²) in [4.78, 5) is 29.1. The molecule has 0 bridgehead atoms. The number of rotatable bonds is 6. The number of ether oxygens (including phenoxy) is 1. The lowest BCUT2D eigenvalue weighted by molar-refractivity contribution is 0.112. The lowest BCUT2D eigenvalue weighted by atomic mass is 9.97. The molecule has 2 aliphatic rings. The van der Waals surface area contributed by atoms with Gasteiger partial charge in [-0.2, -0.15) is 0 Å². The molecule has 0 spiro atoms. The minimum absolute atomic E-state index is 0.493. The Morgan fingerprint density at radius 2 is 1.97 bits per heavy atom. The fourth-order valence-corrected chi connectivity index (χ4v) is 5.60. The van der Waals surface area contributed by atoms with E-state index in [4.69, 9.17) is 16.3 Å². The van der Waals surface area contributed by atoms with Gasteiger partial charge in [-0.25, -0.2) is 15.0 Å². The van der Waals surface area contributed by atoms with Crippen molar-refractivity contribution in [3.05, 3.63) is 71.1 Å². The smallest absolute Gasteiger partial charge is 0.163 e. The highest BCUT2D eigenvalue weighted by Crippen LogP contribution is 2.44. The van der Waals surface area contributed by atoms with Crippen molar-refractivity contribution < 1.29 is 9.53 Å². The van der Waals surface area contributed by atoms with Crippen molar-refractivity contribution in [2.45, 2.75) is 12.8 Å². The first-order valence-corrected chi connectivity index (χ1v) is 12.6. The van der Waals surface area contributed by atoms with Gasteiger partial charge in [-0.05, 0) is 55.8 Å². The maximum atomic E-state index is 11.2. The highest BCUT2D eigenvalue weighted by molar-refractivity contribution is 6.35. The standard InChI is InChI=1S/C28H26ClN5O2/c1-33-10-8-18(14-33)16-36-25-7-3-5-22(26(25)29)20-4-2-6-24-21(20)9-11-34(24)28-27-23(31-17-32-28)12-19(15-35)13-30-27/h2-7,12-13,15,17-18H,8-11,14,16H2,1H3/t18-/m1/s1. The molecule has 0 radical (unpaired) electrons. The zero-order chi connectivity index (χ0) is 24.6. The highest BCUT2D eigenvalue weighted by atomic mass is 35.5. The average Bonchev–Trinajstić information content (AvgIpc) is 3.53. The van der Waals surface area contributed by atoms with Crippen molar-refractivity contribution in [1.29, 1.82) is 0 Å². The normalized spacial score (nSPS) is 17.5. The minimum atomic E-state index is 0.493. The molecule has 4 heterocycles. The number of halogens is 1. The third-order valence-electron chi connectivity index (χ3n) is 7.11. The van der Waals surface area contributed by atoms with Crippen LogP contribution < -0.4 is 9.64 Å². The van der Waals surface area contributed by atoms with Gasteiger partial charge in [0.15, 0.2) is 12.1 Å². The van der Waals surface area contributed by atoms with Crippen molar-refractivity contribution in [1.82, 2.24) is 19.9 Å². The van der Waals surface area contributed by atoms with E-state index in [1.54, 1.807) is 12.3 Å². The molecule has 36 heavy (non-hydrogen) atoms. The molecule has 0 aliphatic carbocycles. The first-order valence-electron chi connectivity index (χ1n) is 12.2. The molecule has 0 N–H and O–H groups in total. The molecule has 0 saturated carbocycles. The molecule has 6 rings (SSSR count). The second-order valence-electron chi connectivity index (χ2n) is 9.50. The number of aldehydes is 1. The highest BCUT2D eigenvalue weighted by Gasteiger charge is 2.27. The summed E-state index contributed by atoms with van der Waals surface area (Å²) < 4.78 is 6.19. The Kier molecular flexibility index (Phi) is 6.03. The summed E-state index contributed by atoms with van der Waals surface area (Å²) in [6.07, 6.45) is 5.86. The van der Waals surface area contributed by atoms with E-state index in [0.717, 1.165) is 67.1 Å². The summed E-state index contributed by atoms with van der Waals surface area (Å²) in [6, 6.07) is 14.0. The van der Waals surface area contributed by atoms with Crippen molar-refractivity contribution >= 4 is 40.4 Å². The van der Waals surface area contributed by atoms with Crippen LogP contribution in [0.15, 0.2) is 55.0 Å². The molecular formula is C28H26ClN5O2. The van der Waals surface area contributed by atoms with E-state index < -0.39 is 0 Å². The Morgan fingerprint density at radius 3 is 2.81 bits per heavy atom. The molecule has 1 saturated heterocycles. The number of likely N-dealkylation sites (tertiary alicyclic amines) is 1. The molecule has 1 fully saturated rings. The third kappa shape index (κ3) is 4.08. The maximum Gasteiger partial charge on any atom is 0.163 e. The molecule has 4 aromatic rings. The van der Waals surface area contributed by atoms with Gasteiger partial charge < -0.3 is 14.5 Å². The molecule has 182 valence electrons. The van der Waals surface area contributed by atoms with Gasteiger partial charge in [-0.15, -0.1) is 0 Å². The number of hydrogen-bond donors (Lipinski definition) is 0. The number of anilines is 2. The molecule has 0 amide bonds. The second-order valence-corrected chi connectivity index (χ2v) is 9.88. The van der Waals surface area contributed by atoms with E-state index in [-0.39, 0.29) is 0 Å². The molecular weight excluding hydrogens is 474 g/mol. The van der Waals surface area contributed by atoms with E-state index in [0.29, 0.717) is 34.1 Å². The van der Waals surface area contributed by atoms with Crippen molar-refractivity contribution in [3.8, 4) is 16.9 Å². The van der Waals surface area contributed by atoms with Crippen LogP contribution in [0, 0.1) is 5.92 Å². The third-order valence-corrected chi connectivity index (χ3v) is 7.50. The summed E-state index contributed by atoms with van der Waals surface area (Å²) in [7, 11) is 2.15. The van der Waals surface area contributed by atoms with Crippen LogP contribution in [-0.2, 0) is 6.42 Å². The molecule has 0 unspecified atom stereocenters. The molecule has 2 aromatic carbocycles. The van der Waals surface area contributed by atoms with Gasteiger partial charge in [0.1, 0.15) is 17.6 Å². The summed E-state index contributed by atoms with van der Waals surface area (Å²) in [5, 5.41) is 0.645. The number of pyridine rings is 1. The van der Waals surface area contributed by atoms with Crippen LogP contribution in [-0.4, -0.2) is 59.4 Å². The van der Waals surface area contributed by atoms with Crippen molar-refractivity contribution in [3.63, 3.8) is 0 Å². The Hall–Kier alpha value is -3.55. The zero-order valence-corrected chi connectivity index (χ0v) is 20.8. The summed E-state index contributed by atoms with van der Waals surface area (Å²) in [5.74, 6) is 1.99. The largest absolute Gasteiger partial charge is 0.492 e. The average molecular weight is 500 g/mol. The summed E-state index contributed by atoms with van der Waals surface area (Å²) >= 11 is 6.91. The lowest BCUT2D eigenvalue weighted by Crippen LogP contribution is -2.18. The Morgan fingerprint density at radius 1 is 1.11 bits per heavy atom. The van der Waals surface area contributed by atoms with Crippen LogP contribution in [0.5, 0.6) is 5.75 Å². The van der Waals surface area contributed by atoms with Crippen LogP contribution in [0.2, 0.25) is 5.02 Å². The number of carbonyl (C=O) groups is 1. The first kappa shape index (κ1) is 22.9. The Labute approximate surface area is 214 Å². The second kappa shape index (κ2) is 9.48. The fraction of sp³-hybridized carbons (Fsp3) is 0.286. The SMILES string of the molecule is CN1CC[C@@H](COc2cccc(-c3cccc4c3CCN4c3ncnc4cc(C=O)cnc34)c2Cl)C1. The maximum absolute atomic E-state index is 11.2. The number of nitrogens with zero attached hydrogens (tertiary/aromatic N) is 5. The quantitative estimate of drug-likeness (QED) is 0.338. The van der Waals surface area contributed by atoms with Gasteiger partial charge in [0, 0.05) is 42.0 Å². The number of carbonyl (C=O) groups excluding carboxylic acids is 1. The van der Waals surface area contributed by atoms with E-state index in [9.17, 15) is 4.79 Å². The molecule has 2 aromatic heterocycles. The van der Waals surface area contributed by atoms with Crippen LogP contribution in [0.25, 0.3) is 22.2 Å².